The van der Waals surface area contributed by atoms with Crippen LogP contribution in [0.25, 0.3) is 11.1 Å². The maximum Gasteiger partial charge on any atom is 0.338 e. The lowest BCUT2D eigenvalue weighted by Gasteiger charge is -2.11. The Bertz CT molecular complexity index is 1070. The van der Waals surface area contributed by atoms with Gasteiger partial charge in [-0.15, -0.1) is 0 Å². The molecule has 0 heterocycles. The van der Waals surface area contributed by atoms with E-state index in [1.54, 1.807) is 50.2 Å². The molecular formula is C27H30O8. The summed E-state index contributed by atoms with van der Waals surface area (Å²) in [6.07, 6.45) is 0.787. The van der Waals surface area contributed by atoms with Gasteiger partial charge in [-0.1, -0.05) is 25.3 Å². The van der Waals surface area contributed by atoms with Crippen molar-refractivity contribution in [3.63, 3.8) is 0 Å². The van der Waals surface area contributed by atoms with Gasteiger partial charge in [0.15, 0.2) is 0 Å². The molecule has 0 amide bonds. The van der Waals surface area contributed by atoms with Gasteiger partial charge in [0.2, 0.25) is 0 Å². The average Bonchev–Trinajstić information content (AvgIpc) is 2.83. The Hall–Kier alpha value is -3.91. The lowest BCUT2D eigenvalue weighted by atomic mass is 9.99. The normalized spacial score (nSPS) is 10.3. The summed E-state index contributed by atoms with van der Waals surface area (Å²) in [7, 11) is 0. The average molecular weight is 483 g/mol. The van der Waals surface area contributed by atoms with E-state index in [-0.39, 0.29) is 36.5 Å². The molecule has 8 heteroatoms. The van der Waals surface area contributed by atoms with Crippen molar-refractivity contribution in [1.82, 2.24) is 0 Å². The number of allylic oxidation sites excluding steroid dienone is 1. The van der Waals surface area contributed by atoms with E-state index < -0.39 is 17.9 Å². The molecule has 0 aliphatic rings. The van der Waals surface area contributed by atoms with Crippen LogP contribution < -0.4 is 4.74 Å². The van der Waals surface area contributed by atoms with E-state index in [0.717, 1.165) is 0 Å². The molecule has 0 bridgehead atoms. The number of carbonyl (C=O) groups is 3. The lowest BCUT2D eigenvalue weighted by molar-refractivity contribution is -0.130. The SMILES string of the molecule is C=C(C)OCCCOC(=O)c1cc(C(=O)OCCCO)cc(-c2ccc(OC(=O)C(=C)C)cc2)c1. The molecule has 2 rings (SSSR count). The number of ether oxygens (including phenoxy) is 4. The molecule has 0 fully saturated rings. The van der Waals surface area contributed by atoms with E-state index in [1.807, 2.05) is 0 Å². The molecule has 0 aromatic heterocycles. The Labute approximate surface area is 204 Å². The first-order valence-electron chi connectivity index (χ1n) is 11.1. The van der Waals surface area contributed by atoms with Crippen LogP contribution in [0.15, 0.2) is 67.0 Å². The lowest BCUT2D eigenvalue weighted by Crippen LogP contribution is -2.12. The molecule has 2 aromatic rings. The molecule has 0 saturated heterocycles. The number of esters is 3. The van der Waals surface area contributed by atoms with E-state index in [1.165, 1.54) is 6.07 Å². The summed E-state index contributed by atoms with van der Waals surface area (Å²) in [5.74, 6) is -0.856. The fourth-order valence-corrected chi connectivity index (χ4v) is 2.81. The molecule has 0 aliphatic heterocycles. The van der Waals surface area contributed by atoms with Gasteiger partial charge in [0.25, 0.3) is 0 Å². The number of hydrogen-bond donors (Lipinski definition) is 1. The monoisotopic (exact) mass is 482 g/mol. The fraction of sp³-hybridized carbons (Fsp3) is 0.296. The van der Waals surface area contributed by atoms with Gasteiger partial charge in [0, 0.05) is 25.0 Å². The Kier molecular flexibility index (Phi) is 10.7. The van der Waals surface area contributed by atoms with Crippen molar-refractivity contribution in [2.75, 3.05) is 26.4 Å². The van der Waals surface area contributed by atoms with Crippen molar-refractivity contribution < 1.29 is 38.4 Å². The largest absolute Gasteiger partial charge is 0.499 e. The van der Waals surface area contributed by atoms with Gasteiger partial charge in [-0.05, 0) is 55.3 Å². The third-order valence-electron chi connectivity index (χ3n) is 4.56. The summed E-state index contributed by atoms with van der Waals surface area (Å²) in [5, 5.41) is 8.92. The van der Waals surface area contributed by atoms with E-state index in [0.29, 0.717) is 42.1 Å². The second-order valence-electron chi connectivity index (χ2n) is 7.75. The second-order valence-corrected chi connectivity index (χ2v) is 7.75. The van der Waals surface area contributed by atoms with Gasteiger partial charge in [0.05, 0.1) is 36.7 Å². The van der Waals surface area contributed by atoms with Crippen LogP contribution in [0.1, 0.15) is 47.4 Å². The van der Waals surface area contributed by atoms with Crippen LogP contribution in [0.2, 0.25) is 0 Å². The van der Waals surface area contributed by atoms with Crippen molar-refractivity contribution in [2.45, 2.75) is 26.7 Å². The van der Waals surface area contributed by atoms with Crippen molar-refractivity contribution >= 4 is 17.9 Å². The second kappa shape index (κ2) is 13.7. The van der Waals surface area contributed by atoms with E-state index in [2.05, 4.69) is 13.2 Å². The number of benzene rings is 2. The fourth-order valence-electron chi connectivity index (χ4n) is 2.81. The van der Waals surface area contributed by atoms with Gasteiger partial charge in [-0.3, -0.25) is 0 Å². The molecule has 186 valence electrons. The van der Waals surface area contributed by atoms with E-state index in [9.17, 15) is 14.4 Å². The van der Waals surface area contributed by atoms with Crippen LogP contribution in [-0.2, 0) is 19.0 Å². The minimum atomic E-state index is -0.629. The highest BCUT2D eigenvalue weighted by molar-refractivity contribution is 5.97. The predicted octanol–water partition coefficient (Wildman–Crippen LogP) is 4.47. The van der Waals surface area contributed by atoms with E-state index >= 15 is 0 Å². The first-order valence-corrected chi connectivity index (χ1v) is 11.1. The molecule has 0 unspecified atom stereocenters. The molecule has 2 aromatic carbocycles. The maximum atomic E-state index is 12.7. The topological polar surface area (TPSA) is 108 Å². The standard InChI is InChI=1S/C27H30O8/c1-18(2)25(29)35-24-9-7-20(8-10-24)21-15-22(26(30)33-12-5-11-28)17-23(16-21)27(31)34-14-6-13-32-19(3)4/h7-10,15-17,28H,1,3,5-6,11-14H2,2,4H3. The Morgan fingerprint density at radius 2 is 1.31 bits per heavy atom. The van der Waals surface area contributed by atoms with E-state index in [4.69, 9.17) is 24.1 Å². The first kappa shape index (κ1) is 27.3. The highest BCUT2D eigenvalue weighted by atomic mass is 16.5. The molecule has 0 atom stereocenters. The number of carbonyl (C=O) groups excluding carboxylic acids is 3. The number of aliphatic hydroxyl groups excluding tert-OH is 1. The number of aliphatic hydroxyl groups is 1. The Morgan fingerprint density at radius 1 is 0.771 bits per heavy atom. The zero-order valence-electron chi connectivity index (χ0n) is 20.0. The first-order chi connectivity index (χ1) is 16.7. The summed E-state index contributed by atoms with van der Waals surface area (Å²) < 4.78 is 20.9. The molecular weight excluding hydrogens is 452 g/mol. The number of hydrogen-bond acceptors (Lipinski definition) is 8. The predicted molar refractivity (Wildman–Crippen MR) is 130 cm³/mol. The maximum absolute atomic E-state index is 12.7. The van der Waals surface area contributed by atoms with Gasteiger partial charge < -0.3 is 24.1 Å². The summed E-state index contributed by atoms with van der Waals surface area (Å²) in [4.78, 5) is 36.9. The van der Waals surface area contributed by atoms with Crippen LogP contribution in [0.3, 0.4) is 0 Å². The molecule has 8 nitrogen and oxygen atoms in total. The highest BCUT2D eigenvalue weighted by Gasteiger charge is 2.16. The van der Waals surface area contributed by atoms with Crippen molar-refractivity contribution in [2.24, 2.45) is 0 Å². The van der Waals surface area contributed by atoms with Gasteiger partial charge in [-0.25, -0.2) is 14.4 Å². The quantitative estimate of drug-likeness (QED) is 0.146. The zero-order valence-corrected chi connectivity index (χ0v) is 20.0. The summed E-state index contributed by atoms with van der Waals surface area (Å²) in [6.45, 7) is 10.9. The van der Waals surface area contributed by atoms with Crippen molar-refractivity contribution in [1.29, 1.82) is 0 Å². The molecule has 0 spiro atoms. The van der Waals surface area contributed by atoms with Crippen LogP contribution in [0.4, 0.5) is 0 Å². The summed E-state index contributed by atoms with van der Waals surface area (Å²) >= 11 is 0. The minimum Gasteiger partial charge on any atom is -0.499 e. The third-order valence-corrected chi connectivity index (χ3v) is 4.56. The summed E-state index contributed by atoms with van der Waals surface area (Å²) in [6, 6.07) is 11.2. The highest BCUT2D eigenvalue weighted by Crippen LogP contribution is 2.26. The molecule has 0 saturated carbocycles. The molecule has 0 aliphatic carbocycles. The number of rotatable bonds is 13. The van der Waals surface area contributed by atoms with Crippen LogP contribution >= 0.6 is 0 Å². The Balaban J connectivity index is 2.25. The van der Waals surface area contributed by atoms with Crippen LogP contribution in [0, 0.1) is 0 Å². The van der Waals surface area contributed by atoms with Gasteiger partial charge in [-0.2, -0.15) is 0 Å². The Morgan fingerprint density at radius 3 is 1.83 bits per heavy atom. The molecule has 35 heavy (non-hydrogen) atoms. The van der Waals surface area contributed by atoms with Gasteiger partial charge in [0.1, 0.15) is 5.75 Å². The zero-order chi connectivity index (χ0) is 25.8. The van der Waals surface area contributed by atoms with Crippen LogP contribution in [0.5, 0.6) is 5.75 Å². The molecule has 1 N–H and O–H groups in total. The molecule has 0 radical (unpaired) electrons. The smallest absolute Gasteiger partial charge is 0.338 e. The van der Waals surface area contributed by atoms with Crippen molar-refractivity contribution in [3.8, 4) is 16.9 Å². The third kappa shape index (κ3) is 9.10. The summed E-state index contributed by atoms with van der Waals surface area (Å²) in [5.41, 5.74) is 1.85. The van der Waals surface area contributed by atoms with Crippen molar-refractivity contribution in [3.05, 3.63) is 78.1 Å². The van der Waals surface area contributed by atoms with Gasteiger partial charge >= 0.3 is 17.9 Å². The minimum absolute atomic E-state index is 0.0465. The van der Waals surface area contributed by atoms with Crippen LogP contribution in [-0.4, -0.2) is 49.4 Å².